The van der Waals surface area contributed by atoms with Gasteiger partial charge in [-0.05, 0) is 24.8 Å². The lowest BCUT2D eigenvalue weighted by atomic mass is 10.1. The van der Waals surface area contributed by atoms with Crippen molar-refractivity contribution in [3.8, 4) is 0 Å². The second kappa shape index (κ2) is 13.6. The molecule has 0 radical (unpaired) electrons. The fourth-order valence-corrected chi connectivity index (χ4v) is 2.66. The summed E-state index contributed by atoms with van der Waals surface area (Å²) < 4.78 is 0. The zero-order valence-corrected chi connectivity index (χ0v) is 17.4. The molecule has 1 unspecified atom stereocenters. The molecule has 0 aliphatic heterocycles. The Labute approximate surface area is 160 Å². The quantitative estimate of drug-likeness (QED) is 0.307. The van der Waals surface area contributed by atoms with E-state index >= 15 is 0 Å². The smallest absolute Gasteiger partial charge is 0.221 e. The highest BCUT2D eigenvalue weighted by Gasteiger charge is 2.07. The van der Waals surface area contributed by atoms with Crippen LogP contribution in [0.15, 0.2) is 22.5 Å². The van der Waals surface area contributed by atoms with E-state index in [2.05, 4.69) is 45.4 Å². The van der Waals surface area contributed by atoms with Crippen molar-refractivity contribution in [2.45, 2.75) is 39.5 Å². The molecule has 1 heterocycles. The molecule has 1 aromatic rings. The molecule has 0 aliphatic carbocycles. The first-order valence-corrected chi connectivity index (χ1v) is 8.87. The normalized spacial score (nSPS) is 12.2. The van der Waals surface area contributed by atoms with Crippen molar-refractivity contribution in [1.82, 2.24) is 16.0 Å². The summed E-state index contributed by atoms with van der Waals surface area (Å²) in [5.74, 6) is 1.26. The van der Waals surface area contributed by atoms with Gasteiger partial charge in [0.05, 0.1) is 6.54 Å². The van der Waals surface area contributed by atoms with Crippen LogP contribution in [-0.4, -0.2) is 38.0 Å². The molecule has 1 aromatic heterocycles. The number of hydrogen-bond acceptors (Lipinski definition) is 3. The zero-order chi connectivity index (χ0) is 16.2. The predicted molar refractivity (Wildman–Crippen MR) is 110 cm³/mol. The number of aliphatic imine (C=N–C) groups is 1. The Bertz CT molecular complexity index is 451. The van der Waals surface area contributed by atoms with Crippen LogP contribution in [0.5, 0.6) is 0 Å². The van der Waals surface area contributed by atoms with E-state index < -0.39 is 0 Å². The van der Waals surface area contributed by atoms with E-state index in [9.17, 15) is 4.79 Å². The minimum atomic E-state index is 0. The molecule has 0 bridgehead atoms. The van der Waals surface area contributed by atoms with Gasteiger partial charge >= 0.3 is 0 Å². The molecule has 0 saturated carbocycles. The van der Waals surface area contributed by atoms with Crippen LogP contribution in [-0.2, 0) is 4.79 Å². The van der Waals surface area contributed by atoms with Crippen LogP contribution in [0.4, 0.5) is 0 Å². The Kier molecular flexibility index (Phi) is 13.1. The Morgan fingerprint density at radius 2 is 2.04 bits per heavy atom. The van der Waals surface area contributed by atoms with Gasteiger partial charge in [-0.2, -0.15) is 0 Å². The minimum absolute atomic E-state index is 0. The van der Waals surface area contributed by atoms with Crippen LogP contribution < -0.4 is 16.0 Å². The van der Waals surface area contributed by atoms with Crippen molar-refractivity contribution in [3.63, 3.8) is 0 Å². The van der Waals surface area contributed by atoms with Gasteiger partial charge in [0.1, 0.15) is 0 Å². The monoisotopic (exact) mass is 452 g/mol. The average Bonchev–Trinajstić information content (AvgIpc) is 3.04. The van der Waals surface area contributed by atoms with Crippen molar-refractivity contribution in [3.05, 3.63) is 22.4 Å². The predicted octanol–water partition coefficient (Wildman–Crippen LogP) is 2.94. The highest BCUT2D eigenvalue weighted by molar-refractivity contribution is 14.0. The summed E-state index contributed by atoms with van der Waals surface area (Å²) in [5, 5.41) is 11.4. The largest absolute Gasteiger partial charge is 0.357 e. The maximum Gasteiger partial charge on any atom is 0.221 e. The number of carbonyl (C=O) groups is 1. The molecule has 132 valence electrons. The van der Waals surface area contributed by atoms with Crippen molar-refractivity contribution in [2.75, 3.05) is 26.2 Å². The molecular weight excluding hydrogens is 423 g/mol. The SMILES string of the molecule is CCCNC(=O)CCNC(=NCC(C)c1cccs1)NCC.I. The van der Waals surface area contributed by atoms with E-state index in [1.165, 1.54) is 4.88 Å². The van der Waals surface area contributed by atoms with E-state index in [4.69, 9.17) is 0 Å². The number of nitrogens with zero attached hydrogens (tertiary/aromatic N) is 1. The summed E-state index contributed by atoms with van der Waals surface area (Å²) in [5.41, 5.74) is 0. The summed E-state index contributed by atoms with van der Waals surface area (Å²) in [6.45, 7) is 9.13. The van der Waals surface area contributed by atoms with E-state index in [1.54, 1.807) is 11.3 Å². The highest BCUT2D eigenvalue weighted by atomic mass is 127. The van der Waals surface area contributed by atoms with Gasteiger partial charge in [-0.25, -0.2) is 0 Å². The molecule has 0 spiro atoms. The minimum Gasteiger partial charge on any atom is -0.357 e. The fraction of sp³-hybridized carbons (Fsp3) is 0.625. The second-order valence-electron chi connectivity index (χ2n) is 5.16. The van der Waals surface area contributed by atoms with Crippen LogP contribution in [0.3, 0.4) is 0 Å². The summed E-state index contributed by atoms with van der Waals surface area (Å²) in [7, 11) is 0. The Balaban J connectivity index is 0.00000484. The number of amides is 1. The molecule has 5 nitrogen and oxygen atoms in total. The first-order valence-electron chi connectivity index (χ1n) is 7.99. The van der Waals surface area contributed by atoms with Crippen LogP contribution in [0.2, 0.25) is 0 Å². The molecule has 0 aromatic carbocycles. The van der Waals surface area contributed by atoms with Crippen molar-refractivity contribution in [1.29, 1.82) is 0 Å². The van der Waals surface area contributed by atoms with Gasteiger partial charge in [0.2, 0.25) is 5.91 Å². The number of carbonyl (C=O) groups excluding carboxylic acids is 1. The topological polar surface area (TPSA) is 65.5 Å². The molecule has 1 amide bonds. The van der Waals surface area contributed by atoms with Gasteiger partial charge in [0.25, 0.3) is 0 Å². The number of hydrogen-bond donors (Lipinski definition) is 3. The lowest BCUT2D eigenvalue weighted by molar-refractivity contribution is -0.120. The molecule has 1 rings (SSSR count). The summed E-state index contributed by atoms with van der Waals surface area (Å²) in [6, 6.07) is 4.21. The Hall–Kier alpha value is -0.830. The van der Waals surface area contributed by atoms with Crippen molar-refractivity contribution >= 4 is 47.2 Å². The molecule has 1 atom stereocenters. The zero-order valence-electron chi connectivity index (χ0n) is 14.2. The van der Waals surface area contributed by atoms with Crippen LogP contribution in [0.25, 0.3) is 0 Å². The molecule has 3 N–H and O–H groups in total. The molecule has 0 saturated heterocycles. The van der Waals surface area contributed by atoms with Gasteiger partial charge in [-0.15, -0.1) is 35.3 Å². The molecular formula is C16H29IN4OS. The Morgan fingerprint density at radius 1 is 1.26 bits per heavy atom. The van der Waals surface area contributed by atoms with Gasteiger partial charge < -0.3 is 16.0 Å². The van der Waals surface area contributed by atoms with Crippen LogP contribution >= 0.6 is 35.3 Å². The third-order valence-corrected chi connectivity index (χ3v) is 4.22. The number of thiophene rings is 1. The van der Waals surface area contributed by atoms with Crippen molar-refractivity contribution in [2.24, 2.45) is 4.99 Å². The van der Waals surface area contributed by atoms with Gasteiger partial charge in [0, 0.05) is 36.9 Å². The molecule has 0 fully saturated rings. The van der Waals surface area contributed by atoms with E-state index in [0.717, 1.165) is 32.0 Å². The average molecular weight is 452 g/mol. The number of guanidine groups is 1. The lowest BCUT2D eigenvalue weighted by Crippen LogP contribution is -2.39. The molecule has 23 heavy (non-hydrogen) atoms. The van der Waals surface area contributed by atoms with E-state index in [0.29, 0.717) is 18.9 Å². The number of halogens is 1. The highest BCUT2D eigenvalue weighted by Crippen LogP contribution is 2.20. The third-order valence-electron chi connectivity index (χ3n) is 3.11. The fourth-order valence-electron chi connectivity index (χ4n) is 1.88. The third kappa shape index (κ3) is 9.80. The van der Waals surface area contributed by atoms with E-state index in [1.807, 2.05) is 13.8 Å². The van der Waals surface area contributed by atoms with Crippen LogP contribution in [0, 0.1) is 0 Å². The second-order valence-corrected chi connectivity index (χ2v) is 6.14. The van der Waals surface area contributed by atoms with Gasteiger partial charge in [-0.1, -0.05) is 19.9 Å². The summed E-state index contributed by atoms with van der Waals surface area (Å²) in [4.78, 5) is 17.5. The van der Waals surface area contributed by atoms with Gasteiger partial charge in [-0.3, -0.25) is 9.79 Å². The standard InChI is InChI=1S/C16H28N4OS.HI/c1-4-9-18-15(21)8-10-19-16(17-5-2)20-12-13(3)14-7-6-11-22-14;/h6-7,11,13H,4-5,8-10,12H2,1-3H3,(H,18,21)(H2,17,19,20);1H. The summed E-state index contributed by atoms with van der Waals surface area (Å²) in [6.07, 6.45) is 1.43. The molecule has 7 heteroatoms. The van der Waals surface area contributed by atoms with E-state index in [-0.39, 0.29) is 29.9 Å². The molecule has 0 aliphatic rings. The first kappa shape index (κ1) is 22.2. The maximum absolute atomic E-state index is 11.6. The van der Waals surface area contributed by atoms with Gasteiger partial charge in [0.15, 0.2) is 5.96 Å². The Morgan fingerprint density at radius 3 is 2.65 bits per heavy atom. The summed E-state index contributed by atoms with van der Waals surface area (Å²) >= 11 is 1.76. The lowest BCUT2D eigenvalue weighted by Gasteiger charge is -2.13. The van der Waals surface area contributed by atoms with Crippen molar-refractivity contribution < 1.29 is 4.79 Å². The number of nitrogens with one attached hydrogen (secondary N) is 3. The maximum atomic E-state index is 11.6. The number of rotatable bonds is 9. The first-order chi connectivity index (χ1) is 10.7. The van der Waals surface area contributed by atoms with Crippen LogP contribution in [0.1, 0.15) is 44.4 Å².